The molecule has 0 heterocycles. The fraction of sp³-hybridized carbons (Fsp3) is 0.292. The third kappa shape index (κ3) is 7.66. The molecule has 0 radical (unpaired) electrons. The van der Waals surface area contributed by atoms with Crippen molar-refractivity contribution < 1.29 is 38.0 Å². The Morgan fingerprint density at radius 3 is 1.14 bits per heavy atom. The largest absolute Gasteiger partial charge is 0.495 e. The average molecular weight is 785 g/mol. The normalized spacial score (nSPS) is 12.1. The summed E-state index contributed by atoms with van der Waals surface area (Å²) in [6.45, 7) is 8.90. The van der Waals surface area contributed by atoms with E-state index >= 15 is 0 Å². The van der Waals surface area contributed by atoms with Crippen molar-refractivity contribution in [3.05, 3.63) is 118 Å². The van der Waals surface area contributed by atoms with Crippen LogP contribution in [0.4, 0.5) is 0 Å². The van der Waals surface area contributed by atoms with Gasteiger partial charge in [-0.25, -0.2) is 0 Å². The third-order valence-corrected chi connectivity index (χ3v) is 10.9. The number of nitrogens with one attached hydrogen (secondary N) is 2. The zero-order chi connectivity index (χ0) is 41.7. The number of hydrogen-bond donors (Lipinski definition) is 2. The first-order chi connectivity index (χ1) is 28.0. The van der Waals surface area contributed by atoms with Crippen LogP contribution in [0.25, 0.3) is 32.7 Å². The second-order valence-corrected chi connectivity index (χ2v) is 14.4. The highest BCUT2D eigenvalue weighted by molar-refractivity contribution is 6.16. The van der Waals surface area contributed by atoms with Crippen LogP contribution in [-0.2, 0) is 0 Å². The number of carbonyl (C=O) groups is 2. The predicted octanol–water partition coefficient (Wildman–Crippen LogP) is 9.40. The molecule has 6 aromatic rings. The van der Waals surface area contributed by atoms with Gasteiger partial charge in [-0.3, -0.25) is 9.59 Å². The van der Waals surface area contributed by atoms with Crippen molar-refractivity contribution in [2.24, 2.45) is 0 Å². The Morgan fingerprint density at radius 2 is 0.828 bits per heavy atom. The number of fused-ring (bicyclic) bond motifs is 2. The van der Waals surface area contributed by atoms with Crippen LogP contribution >= 0.6 is 0 Å². The van der Waals surface area contributed by atoms with E-state index in [1.165, 1.54) is 14.2 Å². The second-order valence-electron chi connectivity index (χ2n) is 14.4. The average Bonchev–Trinajstić information content (AvgIpc) is 3.25. The maximum atomic E-state index is 14.2. The number of benzene rings is 6. The molecular formula is C48H52N2O8. The Kier molecular flexibility index (Phi) is 12.6. The molecule has 6 rings (SSSR count). The summed E-state index contributed by atoms with van der Waals surface area (Å²) >= 11 is 0. The molecule has 2 N–H and O–H groups in total. The van der Waals surface area contributed by atoms with Crippen LogP contribution in [0, 0.1) is 13.8 Å². The smallest absolute Gasteiger partial charge is 0.255 e. The number of methoxy groups -OCH3 is 6. The van der Waals surface area contributed by atoms with Gasteiger partial charge in [-0.2, -0.15) is 0 Å². The van der Waals surface area contributed by atoms with Crippen molar-refractivity contribution in [1.82, 2.24) is 10.6 Å². The van der Waals surface area contributed by atoms with Gasteiger partial charge in [0, 0.05) is 45.8 Å². The Bertz CT molecular complexity index is 2290. The quantitative estimate of drug-likeness (QED) is 0.106. The van der Waals surface area contributed by atoms with Gasteiger partial charge in [-0.15, -0.1) is 0 Å². The van der Waals surface area contributed by atoms with Gasteiger partial charge in [0.2, 0.25) is 0 Å². The molecule has 10 nitrogen and oxygen atoms in total. The summed E-state index contributed by atoms with van der Waals surface area (Å²) in [5.74, 6) is 1.95. The Hall–Kier alpha value is -6.42. The van der Waals surface area contributed by atoms with E-state index < -0.39 is 0 Å². The van der Waals surface area contributed by atoms with Gasteiger partial charge < -0.3 is 39.1 Å². The Morgan fingerprint density at radius 1 is 0.483 bits per heavy atom. The molecule has 0 aliphatic carbocycles. The van der Waals surface area contributed by atoms with Crippen LogP contribution in [-0.4, -0.2) is 67.6 Å². The number of aryl methyl sites for hydroxylation is 2. The Labute approximate surface area is 340 Å². The molecule has 10 heteroatoms. The zero-order valence-electron chi connectivity index (χ0n) is 34.9. The minimum atomic E-state index is -0.304. The van der Waals surface area contributed by atoms with Crippen LogP contribution in [0.2, 0.25) is 0 Å². The van der Waals surface area contributed by atoms with Crippen molar-refractivity contribution in [3.8, 4) is 45.6 Å². The third-order valence-electron chi connectivity index (χ3n) is 10.9. The van der Waals surface area contributed by atoms with Crippen molar-refractivity contribution >= 4 is 33.4 Å². The lowest BCUT2D eigenvalue weighted by molar-refractivity contribution is 0.0941. The number of hydrogen-bond acceptors (Lipinski definition) is 8. The number of carbonyl (C=O) groups excluding carboxylic acids is 2. The van der Waals surface area contributed by atoms with Crippen molar-refractivity contribution in [3.63, 3.8) is 0 Å². The molecule has 0 spiro atoms. The molecule has 0 fully saturated rings. The van der Waals surface area contributed by atoms with Crippen molar-refractivity contribution in [1.29, 1.82) is 0 Å². The standard InChI is InChI=1S/C48H52N2O8/c1-27-21-33-35(23-37(53-5)45(57-9)41(33)47(51)49-25-29(3)31-17-13-11-14-18-31)43(55-7)39(27)40-28(2)22-34-36(44(40)56-8)24-38(54-6)46(58-10)42(34)48(52)50-26-30(4)32-19-15-12-16-20-32/h11-24,29-30H,25-26H2,1-10H3,(H,49,51)(H,50,52)/t29-,30-/m0/s1. The van der Waals surface area contributed by atoms with E-state index in [-0.39, 0.29) is 23.7 Å². The van der Waals surface area contributed by atoms with Crippen LogP contribution in [0.15, 0.2) is 84.9 Å². The second kappa shape index (κ2) is 17.8. The molecule has 0 bridgehead atoms. The molecule has 0 aliphatic rings. The van der Waals surface area contributed by atoms with Gasteiger partial charge in [0.25, 0.3) is 11.8 Å². The topological polar surface area (TPSA) is 114 Å². The summed E-state index contributed by atoms with van der Waals surface area (Å²) in [7, 11) is 9.33. The van der Waals surface area contributed by atoms with Crippen LogP contribution in [0.3, 0.4) is 0 Å². The number of ether oxygens (including phenoxy) is 6. The first kappa shape index (κ1) is 41.2. The summed E-state index contributed by atoms with van der Waals surface area (Å²) in [6, 6.07) is 27.7. The van der Waals surface area contributed by atoms with Gasteiger partial charge in [-0.1, -0.05) is 74.5 Å². The number of rotatable bonds is 15. The van der Waals surface area contributed by atoms with Crippen molar-refractivity contribution in [2.75, 3.05) is 55.7 Å². The SMILES string of the molecule is COc1cc2c(OC)c(-c3c(C)cc4c(C(=O)NC[C@H](C)c5ccccc5)c(OC)c(OC)cc4c3OC)c(C)cc2c(C(=O)NC[C@H](C)c2ccccc2)c1OC. The lowest BCUT2D eigenvalue weighted by Gasteiger charge is -2.24. The van der Waals surface area contributed by atoms with E-state index in [0.29, 0.717) is 80.3 Å². The minimum absolute atomic E-state index is 0.0715. The molecule has 2 amide bonds. The first-order valence-electron chi connectivity index (χ1n) is 19.2. The van der Waals surface area contributed by atoms with E-state index in [1.54, 1.807) is 28.4 Å². The molecule has 0 aromatic heterocycles. The summed E-state index contributed by atoms with van der Waals surface area (Å²) < 4.78 is 35.9. The van der Waals surface area contributed by atoms with Gasteiger partial charge in [-0.05, 0) is 72.2 Å². The van der Waals surface area contributed by atoms with Gasteiger partial charge in [0.05, 0.1) is 53.8 Å². The lowest BCUT2D eigenvalue weighted by Crippen LogP contribution is -2.28. The molecule has 0 aliphatic heterocycles. The molecule has 6 aromatic carbocycles. The molecular weight excluding hydrogens is 733 g/mol. The molecule has 0 saturated carbocycles. The highest BCUT2D eigenvalue weighted by Crippen LogP contribution is 2.52. The number of amides is 2. The van der Waals surface area contributed by atoms with Gasteiger partial charge in [0.1, 0.15) is 11.5 Å². The predicted molar refractivity (Wildman–Crippen MR) is 230 cm³/mol. The molecule has 58 heavy (non-hydrogen) atoms. The van der Waals surface area contributed by atoms with E-state index in [4.69, 9.17) is 28.4 Å². The first-order valence-corrected chi connectivity index (χ1v) is 19.2. The van der Waals surface area contributed by atoms with Crippen molar-refractivity contribution in [2.45, 2.75) is 39.5 Å². The van der Waals surface area contributed by atoms with Gasteiger partial charge in [0.15, 0.2) is 23.0 Å². The molecule has 0 unspecified atom stereocenters. The monoisotopic (exact) mass is 784 g/mol. The molecule has 2 atom stereocenters. The Balaban J connectivity index is 1.53. The van der Waals surface area contributed by atoms with Gasteiger partial charge >= 0.3 is 0 Å². The van der Waals surface area contributed by atoms with E-state index in [0.717, 1.165) is 33.4 Å². The maximum Gasteiger partial charge on any atom is 0.255 e. The highest BCUT2D eigenvalue weighted by atomic mass is 16.5. The van der Waals surface area contributed by atoms with Crippen LogP contribution in [0.5, 0.6) is 34.5 Å². The zero-order valence-corrected chi connectivity index (χ0v) is 34.9. The summed E-state index contributed by atoms with van der Waals surface area (Å²) in [5.41, 5.74) is 6.04. The molecule has 302 valence electrons. The highest BCUT2D eigenvalue weighted by Gasteiger charge is 2.30. The fourth-order valence-electron chi connectivity index (χ4n) is 7.86. The summed E-state index contributed by atoms with van der Waals surface area (Å²) in [4.78, 5) is 28.4. The van der Waals surface area contributed by atoms with Crippen LogP contribution in [0.1, 0.15) is 68.7 Å². The lowest BCUT2D eigenvalue weighted by atomic mass is 9.87. The van der Waals surface area contributed by atoms with E-state index in [9.17, 15) is 9.59 Å². The van der Waals surface area contributed by atoms with Crippen LogP contribution < -0.4 is 39.1 Å². The summed E-state index contributed by atoms with van der Waals surface area (Å²) in [5, 5.41) is 8.82. The maximum absolute atomic E-state index is 14.2. The molecule has 0 saturated heterocycles. The van der Waals surface area contributed by atoms with E-state index in [2.05, 4.69) is 24.5 Å². The minimum Gasteiger partial charge on any atom is -0.495 e. The summed E-state index contributed by atoms with van der Waals surface area (Å²) in [6.07, 6.45) is 0. The fourth-order valence-corrected chi connectivity index (χ4v) is 7.86. The van der Waals surface area contributed by atoms with E-state index in [1.807, 2.05) is 98.8 Å².